The number of benzene rings is 7. The fourth-order valence-electron chi connectivity index (χ4n) is 13.6. The van der Waals surface area contributed by atoms with Gasteiger partial charge in [0, 0.05) is 56.7 Å². The van der Waals surface area contributed by atoms with Crippen LogP contribution in [0.3, 0.4) is 0 Å². The van der Waals surface area contributed by atoms with Gasteiger partial charge in [0.25, 0.3) is 0 Å². The maximum atomic E-state index is 4.51. The molecule has 310 valence electrons. The van der Waals surface area contributed by atoms with E-state index >= 15 is 0 Å². The summed E-state index contributed by atoms with van der Waals surface area (Å²) >= 11 is 0. The highest BCUT2D eigenvalue weighted by Gasteiger charge is 2.62. The molecule has 0 aliphatic rings. The van der Waals surface area contributed by atoms with Gasteiger partial charge in [-0.15, -0.1) is 11.1 Å². The van der Waals surface area contributed by atoms with Crippen molar-refractivity contribution in [1.82, 2.24) is 0 Å². The van der Waals surface area contributed by atoms with Gasteiger partial charge in [-0.2, -0.15) is 0 Å². The highest BCUT2D eigenvalue weighted by molar-refractivity contribution is 7.92. The molecule has 0 aliphatic heterocycles. The Kier molecular flexibility index (Phi) is 11.1. The smallest absolute Gasteiger partial charge is 0.115 e. The summed E-state index contributed by atoms with van der Waals surface area (Å²) in [6, 6.07) is 37.4. The second-order valence-corrected chi connectivity index (χ2v) is 104. The highest BCUT2D eigenvalue weighted by Crippen LogP contribution is 2.42. The van der Waals surface area contributed by atoms with Gasteiger partial charge in [-0.3, -0.25) is 0 Å². The van der Waals surface area contributed by atoms with Crippen molar-refractivity contribution >= 4 is 123 Å². The van der Waals surface area contributed by atoms with Gasteiger partial charge in [0.1, 0.15) is 13.3 Å². The van der Waals surface area contributed by atoms with E-state index in [2.05, 4.69) is 238 Å². The van der Waals surface area contributed by atoms with E-state index < -0.39 is 58.8 Å². The first kappa shape index (κ1) is 45.0. The predicted octanol–water partition coefficient (Wildman–Crippen LogP) is 15.8. The number of hydrogen-bond donors (Lipinski definition) is 0. The van der Waals surface area contributed by atoms with Crippen molar-refractivity contribution in [1.29, 1.82) is 0 Å². The third-order valence-electron chi connectivity index (χ3n) is 14.3. The van der Waals surface area contributed by atoms with E-state index in [-0.39, 0.29) is 0 Å². The van der Waals surface area contributed by atoms with E-state index in [1.165, 1.54) is 75.8 Å². The lowest BCUT2D eigenvalue weighted by molar-refractivity contribution is 1.73. The van der Waals surface area contributed by atoms with Crippen molar-refractivity contribution in [2.24, 2.45) is 0 Å². The van der Waals surface area contributed by atoms with Crippen molar-refractivity contribution in [2.45, 2.75) is 118 Å². The molecule has 0 saturated carbocycles. The zero-order chi connectivity index (χ0) is 44.2. The maximum absolute atomic E-state index is 4.51. The summed E-state index contributed by atoms with van der Waals surface area (Å²) < 4.78 is 0. The average Bonchev–Trinajstić information content (AvgIpc) is 3.09. The van der Waals surface area contributed by atoms with Crippen LogP contribution in [0.2, 0.25) is 118 Å². The molecule has 7 rings (SSSR count). The SMILES string of the molecule is C[Si](C)(C)[Si](C#Cc1c2cc3cc4ccccc4cc3cc2c(C#C[Si]([Si](C)(C)C)([Si](C)(C)C)[Si](C)(C)C)c2cc3cc4ccccc4cc3cc12)([Si](C)(C)C)[Si](C)(C)C. The zero-order valence-corrected chi connectivity index (χ0v) is 48.2. The monoisotopic (exact) mass is 918 g/mol. The Morgan fingerprint density at radius 2 is 0.467 bits per heavy atom. The summed E-state index contributed by atoms with van der Waals surface area (Å²) in [4.78, 5) is 0. The minimum absolute atomic E-state index is 1.23. The molecule has 0 radical (unpaired) electrons. The summed E-state index contributed by atoms with van der Waals surface area (Å²) in [5.74, 6) is 8.53. The number of hydrogen-bond acceptors (Lipinski definition) is 0. The fraction of sp³-hybridized carbons (Fsp3) is 0.346. The molecule has 0 bridgehead atoms. The summed E-state index contributed by atoms with van der Waals surface area (Å²) in [6.45, 7) is 44.0. The van der Waals surface area contributed by atoms with Crippen LogP contribution in [0, 0.1) is 22.9 Å². The van der Waals surface area contributed by atoms with Crippen LogP contribution in [0.5, 0.6) is 0 Å². The molecule has 0 aromatic heterocycles. The van der Waals surface area contributed by atoms with E-state index in [1.54, 1.807) is 0 Å². The Balaban J connectivity index is 1.77. The van der Waals surface area contributed by atoms with Gasteiger partial charge in [-0.05, 0) is 113 Å². The van der Waals surface area contributed by atoms with Gasteiger partial charge in [0.05, 0.1) is 0 Å². The van der Waals surface area contributed by atoms with Crippen molar-refractivity contribution in [3.8, 4) is 22.9 Å². The van der Waals surface area contributed by atoms with Crippen molar-refractivity contribution in [3.63, 3.8) is 0 Å². The van der Waals surface area contributed by atoms with Crippen LogP contribution in [0.25, 0.3) is 64.6 Å². The van der Waals surface area contributed by atoms with E-state index in [1.807, 2.05) is 0 Å². The van der Waals surface area contributed by atoms with Gasteiger partial charge >= 0.3 is 0 Å². The number of rotatable bonds is 6. The van der Waals surface area contributed by atoms with Crippen LogP contribution in [-0.2, 0) is 0 Å². The molecule has 0 nitrogen and oxygen atoms in total. The zero-order valence-electron chi connectivity index (χ0n) is 40.2. The molecule has 0 aliphatic carbocycles. The van der Waals surface area contributed by atoms with Crippen LogP contribution in [0.4, 0.5) is 0 Å². The van der Waals surface area contributed by atoms with Gasteiger partial charge in [-0.1, -0.05) is 178 Å². The molecule has 0 N–H and O–H groups in total. The first-order chi connectivity index (χ1) is 27.5. The molecule has 0 saturated heterocycles. The molecule has 60 heavy (non-hydrogen) atoms. The summed E-state index contributed by atoms with van der Waals surface area (Å²) in [7, 11) is -9.97. The topological polar surface area (TPSA) is 0 Å². The van der Waals surface area contributed by atoms with Crippen molar-refractivity contribution in [3.05, 3.63) is 108 Å². The Morgan fingerprint density at radius 1 is 0.267 bits per heavy atom. The standard InChI is InChI=1S/C52H70Si8/c1-53(2,3)59(54(4,5)6,55(7,8)9)29-27-47-49-35-43-31-39-23-19-21-25-41(39)33-45(43)37-51(49)48(28-30-60(56(10,11)12,57(13,14)15)58(16,17)18)52-38-46-34-42-26-22-20-24-40(42)32-44(46)36-50(47)52/h19-26,31-38H,1-18H3. The minimum atomic E-state index is -2.01. The molecule has 0 unspecified atom stereocenters. The Morgan fingerprint density at radius 3 is 0.650 bits per heavy atom. The van der Waals surface area contributed by atoms with Gasteiger partial charge in [0.2, 0.25) is 0 Å². The highest BCUT2D eigenvalue weighted by atomic mass is 29.9. The molecule has 0 atom stereocenters. The lowest BCUT2D eigenvalue weighted by Crippen LogP contribution is -2.82. The summed E-state index contributed by atoms with van der Waals surface area (Å²) in [6.07, 6.45) is 0. The van der Waals surface area contributed by atoms with Gasteiger partial charge in [-0.25, -0.2) is 0 Å². The van der Waals surface area contributed by atoms with Crippen LogP contribution >= 0.6 is 0 Å². The maximum Gasteiger partial charge on any atom is 0.115 e. The van der Waals surface area contributed by atoms with Crippen LogP contribution < -0.4 is 0 Å². The average molecular weight is 920 g/mol. The lowest BCUT2D eigenvalue weighted by Gasteiger charge is -2.53. The largest absolute Gasteiger partial charge is 0.135 e. The minimum Gasteiger partial charge on any atom is -0.135 e. The Hall–Kier alpha value is -3.04. The van der Waals surface area contributed by atoms with Gasteiger partial charge < -0.3 is 0 Å². The molecule has 8 heteroatoms. The summed E-state index contributed by atoms with van der Waals surface area (Å²) in [5.41, 5.74) is 11.5. The number of fused-ring (bicyclic) bond motifs is 6. The second kappa shape index (κ2) is 14.8. The fourth-order valence-corrected chi connectivity index (χ4v) is 200. The summed E-state index contributed by atoms with van der Waals surface area (Å²) in [5, 5.41) is 15.4. The van der Waals surface area contributed by atoms with Crippen molar-refractivity contribution < 1.29 is 0 Å². The van der Waals surface area contributed by atoms with Crippen LogP contribution in [-0.4, -0.2) is 58.8 Å². The molecule has 7 aromatic rings. The normalized spacial score (nSPS) is 13.9. The third kappa shape index (κ3) is 7.21. The third-order valence-corrected chi connectivity index (χ3v) is 153. The quantitative estimate of drug-likeness (QED) is 0.0886. The molecule has 0 fully saturated rings. The molecular weight excluding hydrogens is 849 g/mol. The molecule has 7 aromatic carbocycles. The predicted molar refractivity (Wildman–Crippen MR) is 297 cm³/mol. The molecule has 0 amide bonds. The van der Waals surface area contributed by atoms with Gasteiger partial charge in [0.15, 0.2) is 0 Å². The van der Waals surface area contributed by atoms with Crippen LogP contribution in [0.1, 0.15) is 11.1 Å². The first-order valence-electron chi connectivity index (χ1n) is 22.3. The molecule has 0 spiro atoms. The van der Waals surface area contributed by atoms with Crippen LogP contribution in [0.15, 0.2) is 97.1 Å². The van der Waals surface area contributed by atoms with E-state index in [4.69, 9.17) is 0 Å². The lowest BCUT2D eigenvalue weighted by atomic mass is 9.88. The molecular formula is C52H70Si8. The van der Waals surface area contributed by atoms with E-state index in [0.717, 1.165) is 0 Å². The Bertz CT molecular complexity index is 2590. The van der Waals surface area contributed by atoms with Crippen molar-refractivity contribution in [2.75, 3.05) is 0 Å². The molecule has 0 heterocycles. The Labute approximate surface area is 369 Å². The van der Waals surface area contributed by atoms with E-state index in [0.29, 0.717) is 0 Å². The first-order valence-corrected chi connectivity index (χ1v) is 53.3. The van der Waals surface area contributed by atoms with E-state index in [9.17, 15) is 0 Å². The second-order valence-electron chi connectivity index (χ2n) is 24.1.